The molecular formula is C20H18F2N4O2. The molecule has 0 unspecified atom stereocenters. The molecule has 1 aliphatic rings. The molecule has 0 saturated carbocycles. The SMILES string of the molecule is O=C(Nc1c[nH]c2cc(F)c(F)cc12)C(=O)N[C@@H]1CCN(c2ccccc2)C1. The van der Waals surface area contributed by atoms with Crippen LogP contribution in [0.15, 0.2) is 48.7 Å². The Morgan fingerprint density at radius 2 is 1.82 bits per heavy atom. The van der Waals surface area contributed by atoms with E-state index in [0.717, 1.165) is 30.8 Å². The Morgan fingerprint density at radius 1 is 1.07 bits per heavy atom. The molecule has 1 saturated heterocycles. The number of anilines is 2. The van der Waals surface area contributed by atoms with E-state index in [9.17, 15) is 18.4 Å². The van der Waals surface area contributed by atoms with Crippen LogP contribution in [0.25, 0.3) is 10.9 Å². The van der Waals surface area contributed by atoms with Gasteiger partial charge in [0, 0.05) is 42.5 Å². The van der Waals surface area contributed by atoms with Crippen molar-refractivity contribution in [3.8, 4) is 0 Å². The summed E-state index contributed by atoms with van der Waals surface area (Å²) in [6.07, 6.45) is 2.12. The van der Waals surface area contributed by atoms with Crippen molar-refractivity contribution < 1.29 is 18.4 Å². The lowest BCUT2D eigenvalue weighted by atomic mass is 10.2. The van der Waals surface area contributed by atoms with E-state index in [1.54, 1.807) is 0 Å². The summed E-state index contributed by atoms with van der Waals surface area (Å²) in [4.78, 5) is 29.3. The molecule has 2 aromatic carbocycles. The van der Waals surface area contributed by atoms with Crippen molar-refractivity contribution in [2.75, 3.05) is 23.3 Å². The van der Waals surface area contributed by atoms with Gasteiger partial charge in [0.2, 0.25) is 0 Å². The molecule has 1 aromatic heterocycles. The number of H-pyrrole nitrogens is 1. The minimum Gasteiger partial charge on any atom is -0.369 e. The fourth-order valence-electron chi connectivity index (χ4n) is 3.40. The first-order valence-corrected chi connectivity index (χ1v) is 8.89. The molecule has 0 aliphatic carbocycles. The second kappa shape index (κ2) is 7.30. The number of nitrogens with one attached hydrogen (secondary N) is 3. The number of nitrogens with zero attached hydrogens (tertiary/aromatic N) is 1. The lowest BCUT2D eigenvalue weighted by Gasteiger charge is -2.18. The number of para-hydroxylation sites is 1. The van der Waals surface area contributed by atoms with E-state index in [0.29, 0.717) is 12.1 Å². The Kier molecular flexibility index (Phi) is 4.68. The van der Waals surface area contributed by atoms with Gasteiger partial charge in [0.1, 0.15) is 0 Å². The molecule has 8 heteroatoms. The van der Waals surface area contributed by atoms with Gasteiger partial charge in [-0.1, -0.05) is 18.2 Å². The predicted octanol–water partition coefficient (Wildman–Crippen LogP) is 2.78. The molecule has 3 aromatic rings. The Hall–Kier alpha value is -3.42. The first-order valence-electron chi connectivity index (χ1n) is 8.89. The van der Waals surface area contributed by atoms with Crippen LogP contribution >= 0.6 is 0 Å². The molecular weight excluding hydrogens is 366 g/mol. The van der Waals surface area contributed by atoms with Crippen molar-refractivity contribution in [3.05, 3.63) is 60.3 Å². The third kappa shape index (κ3) is 3.53. The topological polar surface area (TPSA) is 77.2 Å². The molecule has 1 aliphatic heterocycles. The number of halogens is 2. The summed E-state index contributed by atoms with van der Waals surface area (Å²) in [5.41, 5.74) is 1.60. The number of aromatic amines is 1. The first kappa shape index (κ1) is 18.0. The third-order valence-corrected chi connectivity index (χ3v) is 4.82. The van der Waals surface area contributed by atoms with Crippen LogP contribution < -0.4 is 15.5 Å². The highest BCUT2D eigenvalue weighted by molar-refractivity contribution is 6.40. The van der Waals surface area contributed by atoms with Crippen LogP contribution in [0.5, 0.6) is 0 Å². The highest BCUT2D eigenvalue weighted by Crippen LogP contribution is 2.25. The maximum Gasteiger partial charge on any atom is 0.313 e. The van der Waals surface area contributed by atoms with E-state index in [1.807, 2.05) is 30.3 Å². The summed E-state index contributed by atoms with van der Waals surface area (Å²) in [7, 11) is 0. The smallest absolute Gasteiger partial charge is 0.313 e. The average Bonchev–Trinajstić information content (AvgIpc) is 3.30. The molecule has 4 rings (SSSR count). The van der Waals surface area contributed by atoms with Gasteiger partial charge in [-0.15, -0.1) is 0 Å². The van der Waals surface area contributed by atoms with E-state index in [4.69, 9.17) is 0 Å². The molecule has 28 heavy (non-hydrogen) atoms. The lowest BCUT2D eigenvalue weighted by molar-refractivity contribution is -0.136. The molecule has 0 radical (unpaired) electrons. The number of hydrogen-bond acceptors (Lipinski definition) is 3. The number of rotatable bonds is 3. The summed E-state index contributed by atoms with van der Waals surface area (Å²) in [5, 5.41) is 5.45. The molecule has 0 spiro atoms. The maximum absolute atomic E-state index is 13.5. The van der Waals surface area contributed by atoms with Crippen LogP contribution in [-0.2, 0) is 9.59 Å². The Labute approximate surface area is 159 Å². The average molecular weight is 384 g/mol. The highest BCUT2D eigenvalue weighted by Gasteiger charge is 2.26. The molecule has 2 amide bonds. The Bertz CT molecular complexity index is 1040. The molecule has 1 atom stereocenters. The van der Waals surface area contributed by atoms with Crippen molar-refractivity contribution >= 4 is 34.1 Å². The molecule has 2 heterocycles. The highest BCUT2D eigenvalue weighted by atomic mass is 19.2. The van der Waals surface area contributed by atoms with Crippen molar-refractivity contribution in [2.45, 2.75) is 12.5 Å². The zero-order valence-electron chi connectivity index (χ0n) is 14.8. The number of amides is 2. The van der Waals surface area contributed by atoms with E-state index in [2.05, 4.69) is 20.5 Å². The van der Waals surface area contributed by atoms with Crippen LogP contribution in [-0.4, -0.2) is 35.9 Å². The normalized spacial score (nSPS) is 16.4. The minimum absolute atomic E-state index is 0.145. The summed E-state index contributed by atoms with van der Waals surface area (Å²) in [6, 6.07) is 11.7. The van der Waals surface area contributed by atoms with Crippen LogP contribution in [0, 0.1) is 11.6 Å². The summed E-state index contributed by atoms with van der Waals surface area (Å²) >= 11 is 0. The monoisotopic (exact) mass is 384 g/mol. The van der Waals surface area contributed by atoms with E-state index >= 15 is 0 Å². The van der Waals surface area contributed by atoms with Gasteiger partial charge in [0.25, 0.3) is 0 Å². The lowest BCUT2D eigenvalue weighted by Crippen LogP contribution is -2.43. The van der Waals surface area contributed by atoms with Gasteiger partial charge in [0.05, 0.1) is 11.2 Å². The van der Waals surface area contributed by atoms with Crippen molar-refractivity contribution in [1.82, 2.24) is 10.3 Å². The number of aromatic nitrogens is 1. The van der Waals surface area contributed by atoms with Crippen LogP contribution in [0.1, 0.15) is 6.42 Å². The third-order valence-electron chi connectivity index (χ3n) is 4.82. The summed E-state index contributed by atoms with van der Waals surface area (Å²) < 4.78 is 26.7. The van der Waals surface area contributed by atoms with Gasteiger partial charge in [-0.3, -0.25) is 9.59 Å². The van der Waals surface area contributed by atoms with Crippen LogP contribution in [0.4, 0.5) is 20.2 Å². The Morgan fingerprint density at radius 3 is 2.61 bits per heavy atom. The molecule has 0 bridgehead atoms. The number of hydrogen-bond donors (Lipinski definition) is 3. The van der Waals surface area contributed by atoms with E-state index < -0.39 is 23.4 Å². The summed E-state index contributed by atoms with van der Waals surface area (Å²) in [5.74, 6) is -3.64. The zero-order valence-corrected chi connectivity index (χ0v) is 14.8. The van der Waals surface area contributed by atoms with Crippen molar-refractivity contribution in [1.29, 1.82) is 0 Å². The maximum atomic E-state index is 13.5. The summed E-state index contributed by atoms with van der Waals surface area (Å²) in [6.45, 7) is 1.39. The second-order valence-electron chi connectivity index (χ2n) is 6.71. The quantitative estimate of drug-likeness (QED) is 0.608. The predicted molar refractivity (Wildman–Crippen MR) is 102 cm³/mol. The molecule has 3 N–H and O–H groups in total. The number of benzene rings is 2. The Balaban J connectivity index is 1.38. The number of carbonyl (C=O) groups excluding carboxylic acids is 2. The number of fused-ring (bicyclic) bond motifs is 1. The van der Waals surface area contributed by atoms with Crippen molar-refractivity contribution in [3.63, 3.8) is 0 Å². The minimum atomic E-state index is -1.03. The zero-order chi connectivity index (χ0) is 19.7. The van der Waals surface area contributed by atoms with Gasteiger partial charge < -0.3 is 20.5 Å². The van der Waals surface area contributed by atoms with Gasteiger partial charge in [0.15, 0.2) is 11.6 Å². The molecule has 1 fully saturated rings. The fraction of sp³-hybridized carbons (Fsp3) is 0.200. The van der Waals surface area contributed by atoms with E-state index in [-0.39, 0.29) is 17.1 Å². The van der Waals surface area contributed by atoms with Crippen LogP contribution in [0.3, 0.4) is 0 Å². The van der Waals surface area contributed by atoms with E-state index in [1.165, 1.54) is 6.20 Å². The molecule has 6 nitrogen and oxygen atoms in total. The largest absolute Gasteiger partial charge is 0.369 e. The number of carbonyl (C=O) groups is 2. The standard InChI is InChI=1S/C20H18F2N4O2/c21-15-8-14-17(9-16(15)22)23-10-18(14)25-20(28)19(27)24-12-6-7-26(11-12)13-4-2-1-3-5-13/h1-5,8-10,12,23H,6-7,11H2,(H,24,27)(H,25,28)/t12-/m1/s1. The van der Waals surface area contributed by atoms with Crippen LogP contribution in [0.2, 0.25) is 0 Å². The van der Waals surface area contributed by atoms with Gasteiger partial charge in [-0.25, -0.2) is 8.78 Å². The van der Waals surface area contributed by atoms with Gasteiger partial charge in [-0.2, -0.15) is 0 Å². The fourth-order valence-corrected chi connectivity index (χ4v) is 3.40. The van der Waals surface area contributed by atoms with Gasteiger partial charge in [-0.05, 0) is 24.6 Å². The van der Waals surface area contributed by atoms with Gasteiger partial charge >= 0.3 is 11.8 Å². The second-order valence-corrected chi connectivity index (χ2v) is 6.71. The first-order chi connectivity index (χ1) is 13.5. The van der Waals surface area contributed by atoms with Crippen molar-refractivity contribution in [2.24, 2.45) is 0 Å². The molecule has 144 valence electrons.